The number of anilines is 2. The summed E-state index contributed by atoms with van der Waals surface area (Å²) in [6.45, 7) is 2.77. The molecule has 3 heterocycles. The Labute approximate surface area is 216 Å². The van der Waals surface area contributed by atoms with Crippen molar-refractivity contribution in [2.24, 2.45) is 11.8 Å². The van der Waals surface area contributed by atoms with E-state index < -0.39 is 49.3 Å². The first-order valence-electron chi connectivity index (χ1n) is 11.9. The van der Waals surface area contributed by atoms with Crippen LogP contribution in [0.25, 0.3) is 0 Å². The lowest BCUT2D eigenvalue weighted by Gasteiger charge is -2.38. The number of benzene rings is 1. The van der Waals surface area contributed by atoms with Crippen LogP contribution in [0.3, 0.4) is 0 Å². The molecule has 0 saturated carbocycles. The zero-order chi connectivity index (χ0) is 26.9. The SMILES string of the molecule is COc1cc(N2CCC(Oc3ccc(N4C[C@H](C(F)(F)F)C[C@@H]4CC(=O)O)c(F)c3)C(C)C2)c(Cl)cn1. The van der Waals surface area contributed by atoms with Crippen LogP contribution >= 0.6 is 11.6 Å². The lowest BCUT2D eigenvalue weighted by atomic mass is 9.96. The monoisotopic (exact) mass is 545 g/mol. The van der Waals surface area contributed by atoms with Crippen molar-refractivity contribution in [2.75, 3.05) is 36.5 Å². The van der Waals surface area contributed by atoms with Gasteiger partial charge in [0.2, 0.25) is 5.88 Å². The van der Waals surface area contributed by atoms with E-state index in [1.54, 1.807) is 6.07 Å². The van der Waals surface area contributed by atoms with Gasteiger partial charge in [0, 0.05) is 50.1 Å². The van der Waals surface area contributed by atoms with Crippen molar-refractivity contribution in [1.29, 1.82) is 0 Å². The normalized spacial score (nSPS) is 24.3. The largest absolute Gasteiger partial charge is 0.490 e. The predicted octanol–water partition coefficient (Wildman–Crippen LogP) is 5.41. The summed E-state index contributed by atoms with van der Waals surface area (Å²) in [5.74, 6) is -2.94. The van der Waals surface area contributed by atoms with Gasteiger partial charge in [0.15, 0.2) is 0 Å². The first-order chi connectivity index (χ1) is 17.5. The molecule has 1 aromatic carbocycles. The van der Waals surface area contributed by atoms with Gasteiger partial charge < -0.3 is 24.4 Å². The third kappa shape index (κ3) is 6.14. The van der Waals surface area contributed by atoms with Crippen molar-refractivity contribution in [3.63, 3.8) is 0 Å². The van der Waals surface area contributed by atoms with Crippen LogP contribution in [0.1, 0.15) is 26.2 Å². The molecule has 2 unspecified atom stereocenters. The van der Waals surface area contributed by atoms with Crippen molar-refractivity contribution in [3.8, 4) is 11.6 Å². The molecular formula is C25H28ClF4N3O4. The van der Waals surface area contributed by atoms with Gasteiger partial charge >= 0.3 is 12.1 Å². The van der Waals surface area contributed by atoms with Gasteiger partial charge in [-0.2, -0.15) is 13.2 Å². The molecular weight excluding hydrogens is 518 g/mol. The van der Waals surface area contributed by atoms with Crippen molar-refractivity contribution in [1.82, 2.24) is 4.98 Å². The van der Waals surface area contributed by atoms with Crippen molar-refractivity contribution >= 4 is 28.9 Å². The summed E-state index contributed by atoms with van der Waals surface area (Å²) in [6, 6.07) is 4.84. The maximum atomic E-state index is 15.1. The van der Waals surface area contributed by atoms with E-state index >= 15 is 4.39 Å². The van der Waals surface area contributed by atoms with Gasteiger partial charge in [-0.25, -0.2) is 9.37 Å². The molecule has 0 bridgehead atoms. The van der Waals surface area contributed by atoms with E-state index in [9.17, 15) is 18.0 Å². The number of hydrogen-bond donors (Lipinski definition) is 1. The topological polar surface area (TPSA) is 75.1 Å². The minimum Gasteiger partial charge on any atom is -0.490 e. The van der Waals surface area contributed by atoms with E-state index in [0.717, 1.165) is 11.8 Å². The smallest absolute Gasteiger partial charge is 0.393 e. The number of piperidine rings is 1. The third-order valence-electron chi connectivity index (χ3n) is 6.99. The number of halogens is 5. The first-order valence-corrected chi connectivity index (χ1v) is 12.3. The van der Waals surface area contributed by atoms with Gasteiger partial charge in [-0.15, -0.1) is 0 Å². The average molecular weight is 546 g/mol. The maximum absolute atomic E-state index is 15.1. The molecule has 0 radical (unpaired) electrons. The van der Waals surface area contributed by atoms with Crippen molar-refractivity contribution in [2.45, 2.75) is 44.5 Å². The van der Waals surface area contributed by atoms with E-state index in [1.165, 1.54) is 30.3 Å². The van der Waals surface area contributed by atoms with Gasteiger partial charge in [-0.3, -0.25) is 4.79 Å². The summed E-state index contributed by atoms with van der Waals surface area (Å²) in [4.78, 5) is 18.6. The van der Waals surface area contributed by atoms with Crippen LogP contribution in [-0.2, 0) is 4.79 Å². The number of carbonyl (C=O) groups is 1. The second kappa shape index (κ2) is 10.8. The molecule has 1 aromatic heterocycles. The Hall–Kier alpha value is -2.95. The molecule has 4 rings (SSSR count). The molecule has 2 aliphatic rings. The molecule has 2 aromatic rings. The quantitative estimate of drug-likeness (QED) is 0.466. The molecule has 202 valence electrons. The molecule has 2 fully saturated rings. The lowest BCUT2D eigenvalue weighted by Crippen LogP contribution is -2.44. The van der Waals surface area contributed by atoms with Crippen LogP contribution in [-0.4, -0.2) is 61.1 Å². The van der Waals surface area contributed by atoms with E-state index in [1.807, 2.05) is 6.92 Å². The van der Waals surface area contributed by atoms with Crippen molar-refractivity contribution in [3.05, 3.63) is 41.3 Å². The van der Waals surface area contributed by atoms with E-state index in [2.05, 4.69) is 9.88 Å². The Morgan fingerprint density at radius 2 is 2.00 bits per heavy atom. The minimum atomic E-state index is -4.48. The van der Waals surface area contributed by atoms with Crippen LogP contribution < -0.4 is 19.3 Å². The standard InChI is InChI=1S/C25H28ClF4N3O4/c1-14-12-32(21-10-23(36-2)31-11-18(21)26)6-5-22(14)37-17-3-4-20(19(27)9-17)33-13-15(25(28,29)30)7-16(33)8-24(34)35/h3-4,9-11,14-16,22H,5-8,12-13H2,1-2H3,(H,34,35)/t14?,15-,16-,22?/m1/s1. The van der Waals surface area contributed by atoms with Crippen LogP contribution in [0.15, 0.2) is 30.5 Å². The minimum absolute atomic E-state index is 0.0535. The van der Waals surface area contributed by atoms with Gasteiger partial charge in [0.25, 0.3) is 0 Å². The summed E-state index contributed by atoms with van der Waals surface area (Å²) < 4.78 is 66.3. The Balaban J connectivity index is 1.44. The third-order valence-corrected chi connectivity index (χ3v) is 7.28. The van der Waals surface area contributed by atoms with Crippen LogP contribution in [0, 0.1) is 17.7 Å². The molecule has 1 N–H and O–H groups in total. The number of rotatable bonds is 7. The number of carboxylic acids is 1. The fraction of sp³-hybridized carbons (Fsp3) is 0.520. The number of aliphatic carboxylic acids is 1. The molecule has 2 aliphatic heterocycles. The average Bonchev–Trinajstić information content (AvgIpc) is 3.24. The van der Waals surface area contributed by atoms with Gasteiger partial charge in [0.1, 0.15) is 17.7 Å². The second-order valence-electron chi connectivity index (χ2n) is 9.54. The number of nitrogens with zero attached hydrogens (tertiary/aromatic N) is 3. The van der Waals surface area contributed by atoms with E-state index in [-0.39, 0.29) is 23.5 Å². The number of pyridine rings is 1. The predicted molar refractivity (Wildman–Crippen MR) is 130 cm³/mol. The molecule has 0 spiro atoms. The number of hydrogen-bond acceptors (Lipinski definition) is 6. The zero-order valence-electron chi connectivity index (χ0n) is 20.3. The highest BCUT2D eigenvalue weighted by molar-refractivity contribution is 6.33. The molecule has 7 nitrogen and oxygen atoms in total. The second-order valence-corrected chi connectivity index (χ2v) is 9.95. The Morgan fingerprint density at radius 1 is 1.24 bits per heavy atom. The fourth-order valence-corrected chi connectivity index (χ4v) is 5.32. The summed E-state index contributed by atoms with van der Waals surface area (Å²) in [6.07, 6.45) is -3.44. The summed E-state index contributed by atoms with van der Waals surface area (Å²) >= 11 is 6.33. The molecule has 2 saturated heterocycles. The summed E-state index contributed by atoms with van der Waals surface area (Å²) in [5, 5.41) is 9.64. The van der Waals surface area contributed by atoms with Gasteiger partial charge in [0.05, 0.1) is 42.0 Å². The molecule has 4 atom stereocenters. The molecule has 12 heteroatoms. The molecule has 0 amide bonds. The molecule has 0 aliphatic carbocycles. The Kier molecular flexibility index (Phi) is 7.91. The number of ether oxygens (including phenoxy) is 2. The van der Waals surface area contributed by atoms with Crippen LogP contribution in [0.2, 0.25) is 5.02 Å². The highest BCUT2D eigenvalue weighted by Gasteiger charge is 2.48. The first kappa shape index (κ1) is 27.1. The zero-order valence-corrected chi connectivity index (χ0v) is 21.1. The number of alkyl halides is 3. The fourth-order valence-electron chi connectivity index (χ4n) is 5.09. The maximum Gasteiger partial charge on any atom is 0.393 e. The highest BCUT2D eigenvalue weighted by atomic mass is 35.5. The molecule has 37 heavy (non-hydrogen) atoms. The summed E-state index contributed by atoms with van der Waals surface area (Å²) in [5.41, 5.74) is 0.738. The number of methoxy groups -OCH3 is 1. The number of carboxylic acid groups (broad SMARTS) is 1. The van der Waals surface area contributed by atoms with E-state index in [4.69, 9.17) is 26.2 Å². The van der Waals surface area contributed by atoms with Gasteiger partial charge in [-0.1, -0.05) is 18.5 Å². The van der Waals surface area contributed by atoms with Crippen LogP contribution in [0.5, 0.6) is 11.6 Å². The Morgan fingerprint density at radius 3 is 2.62 bits per heavy atom. The van der Waals surface area contributed by atoms with Gasteiger partial charge in [-0.05, 0) is 18.6 Å². The highest BCUT2D eigenvalue weighted by Crippen LogP contribution is 2.41. The number of aromatic nitrogens is 1. The summed E-state index contributed by atoms with van der Waals surface area (Å²) in [7, 11) is 1.53. The van der Waals surface area contributed by atoms with Crippen molar-refractivity contribution < 1.29 is 36.9 Å². The van der Waals surface area contributed by atoms with Crippen LogP contribution in [0.4, 0.5) is 28.9 Å². The lowest BCUT2D eigenvalue weighted by molar-refractivity contribution is -0.169. The van der Waals surface area contributed by atoms with E-state index in [0.29, 0.717) is 30.4 Å². The Bertz CT molecular complexity index is 1140.